The lowest BCUT2D eigenvalue weighted by molar-refractivity contribution is 0.0139. The number of carbonyl (C=O) groups is 2. The zero-order valence-electron chi connectivity index (χ0n) is 23.3. The third-order valence-corrected chi connectivity index (χ3v) is 6.82. The van der Waals surface area contributed by atoms with Gasteiger partial charge in [-0.05, 0) is 50.8 Å². The van der Waals surface area contributed by atoms with Crippen molar-refractivity contribution >= 4 is 24.0 Å². The van der Waals surface area contributed by atoms with Gasteiger partial charge in [0.1, 0.15) is 18.0 Å². The van der Waals surface area contributed by atoms with Gasteiger partial charge in [-0.3, -0.25) is 9.80 Å². The van der Waals surface area contributed by atoms with E-state index in [2.05, 4.69) is 65.2 Å². The van der Waals surface area contributed by atoms with E-state index in [1.54, 1.807) is 22.1 Å². The van der Waals surface area contributed by atoms with Crippen LogP contribution in [0, 0.1) is 5.92 Å². The molecule has 2 aliphatic heterocycles. The number of carbonyl (C=O) groups excluding carboxylic acids is 2. The number of hydrogen-bond acceptors (Lipinski definition) is 8. The van der Waals surface area contributed by atoms with E-state index in [0.717, 1.165) is 25.2 Å². The standard InChI is InChI=1S/C28H40N6O4/c1-19(2)23-18-37-27(36)34(23)24-11-12-29-25(31-24)30-20(3)22-9-7-21(8-10-22)17-32-13-15-33(16-14-32)26(35)38-28(4,5)6/h7-12,19-20,23H,13-18H2,1-6H3,(H,29,30,31)/t20-,23?/m0/s1. The lowest BCUT2D eigenvalue weighted by Gasteiger charge is -2.35. The largest absolute Gasteiger partial charge is 0.447 e. The highest BCUT2D eigenvalue weighted by Crippen LogP contribution is 2.27. The van der Waals surface area contributed by atoms with Gasteiger partial charge in [-0.25, -0.2) is 14.6 Å². The number of anilines is 2. The molecule has 10 nitrogen and oxygen atoms in total. The van der Waals surface area contributed by atoms with Crippen LogP contribution >= 0.6 is 0 Å². The van der Waals surface area contributed by atoms with E-state index in [4.69, 9.17) is 9.47 Å². The molecule has 2 saturated heterocycles. The van der Waals surface area contributed by atoms with Crippen molar-refractivity contribution in [3.05, 3.63) is 47.7 Å². The Morgan fingerprint density at radius 2 is 1.79 bits per heavy atom. The van der Waals surface area contributed by atoms with Crippen LogP contribution in [0.1, 0.15) is 58.7 Å². The third kappa shape index (κ3) is 6.92. The molecular weight excluding hydrogens is 484 g/mol. The average Bonchev–Trinajstić information content (AvgIpc) is 3.26. The Bertz CT molecular complexity index is 1110. The number of aromatic nitrogens is 2. The highest BCUT2D eigenvalue weighted by atomic mass is 16.6. The fraction of sp³-hybridized carbons (Fsp3) is 0.571. The molecule has 10 heteroatoms. The predicted molar refractivity (Wildman–Crippen MR) is 146 cm³/mol. The number of rotatable bonds is 7. The summed E-state index contributed by atoms with van der Waals surface area (Å²) in [5.74, 6) is 1.25. The Morgan fingerprint density at radius 3 is 2.42 bits per heavy atom. The molecule has 0 radical (unpaired) electrons. The number of ether oxygens (including phenoxy) is 2. The summed E-state index contributed by atoms with van der Waals surface area (Å²) in [6.45, 7) is 16.0. The summed E-state index contributed by atoms with van der Waals surface area (Å²) in [5.41, 5.74) is 1.85. The second-order valence-corrected chi connectivity index (χ2v) is 11.3. The zero-order valence-corrected chi connectivity index (χ0v) is 23.3. The second kappa shape index (κ2) is 11.6. The van der Waals surface area contributed by atoms with Gasteiger partial charge in [-0.15, -0.1) is 0 Å². The van der Waals surface area contributed by atoms with Gasteiger partial charge in [0, 0.05) is 38.9 Å². The highest BCUT2D eigenvalue weighted by molar-refractivity contribution is 5.89. The molecule has 0 spiro atoms. The van der Waals surface area contributed by atoms with Crippen LogP contribution in [0.5, 0.6) is 0 Å². The Kier molecular flexibility index (Phi) is 8.40. The van der Waals surface area contributed by atoms with Gasteiger partial charge in [-0.2, -0.15) is 4.98 Å². The van der Waals surface area contributed by atoms with Crippen LogP contribution in [0.4, 0.5) is 21.4 Å². The van der Waals surface area contributed by atoms with Gasteiger partial charge < -0.3 is 19.7 Å². The molecule has 2 aliphatic rings. The van der Waals surface area contributed by atoms with Crippen molar-refractivity contribution in [2.45, 2.75) is 65.8 Å². The van der Waals surface area contributed by atoms with Crippen molar-refractivity contribution in [2.75, 3.05) is 43.0 Å². The molecular formula is C28H40N6O4. The first kappa shape index (κ1) is 27.6. The summed E-state index contributed by atoms with van der Waals surface area (Å²) in [5, 5.41) is 3.35. The van der Waals surface area contributed by atoms with Crippen molar-refractivity contribution in [1.29, 1.82) is 0 Å². The molecule has 2 amide bonds. The fourth-order valence-electron chi connectivity index (χ4n) is 4.60. The maximum absolute atomic E-state index is 12.3. The van der Waals surface area contributed by atoms with E-state index < -0.39 is 5.60 Å². The molecule has 3 heterocycles. The smallest absolute Gasteiger partial charge is 0.415 e. The Morgan fingerprint density at radius 1 is 1.11 bits per heavy atom. The Labute approximate surface area is 225 Å². The predicted octanol–water partition coefficient (Wildman–Crippen LogP) is 4.68. The van der Waals surface area contributed by atoms with E-state index in [1.807, 2.05) is 20.8 Å². The van der Waals surface area contributed by atoms with Crippen LogP contribution in [0.25, 0.3) is 0 Å². The summed E-state index contributed by atoms with van der Waals surface area (Å²) in [4.78, 5) is 39.3. The maximum atomic E-state index is 12.3. The maximum Gasteiger partial charge on any atom is 0.415 e. The molecule has 206 valence electrons. The molecule has 1 N–H and O–H groups in total. The first-order valence-corrected chi connectivity index (χ1v) is 13.3. The van der Waals surface area contributed by atoms with E-state index in [0.29, 0.717) is 31.5 Å². The van der Waals surface area contributed by atoms with Crippen molar-refractivity contribution in [3.8, 4) is 0 Å². The minimum atomic E-state index is -0.477. The number of amides is 2. The molecule has 0 aliphatic carbocycles. The monoisotopic (exact) mass is 524 g/mol. The number of benzene rings is 1. The third-order valence-electron chi connectivity index (χ3n) is 6.82. The van der Waals surface area contributed by atoms with E-state index in [9.17, 15) is 9.59 Å². The average molecular weight is 525 g/mol. The van der Waals surface area contributed by atoms with Crippen LogP contribution < -0.4 is 10.2 Å². The molecule has 2 fully saturated rings. The normalized spacial score (nSPS) is 19.4. The molecule has 0 saturated carbocycles. The van der Waals surface area contributed by atoms with Crippen molar-refractivity contribution in [1.82, 2.24) is 19.8 Å². The highest BCUT2D eigenvalue weighted by Gasteiger charge is 2.37. The van der Waals surface area contributed by atoms with Crippen LogP contribution in [0.2, 0.25) is 0 Å². The summed E-state index contributed by atoms with van der Waals surface area (Å²) >= 11 is 0. The van der Waals surface area contributed by atoms with Gasteiger partial charge in [0.2, 0.25) is 5.95 Å². The van der Waals surface area contributed by atoms with Crippen LogP contribution in [-0.2, 0) is 16.0 Å². The minimum Gasteiger partial charge on any atom is -0.447 e. The molecule has 38 heavy (non-hydrogen) atoms. The molecule has 1 aromatic heterocycles. The summed E-state index contributed by atoms with van der Waals surface area (Å²) in [7, 11) is 0. The van der Waals surface area contributed by atoms with Crippen LogP contribution in [-0.4, -0.2) is 76.4 Å². The first-order chi connectivity index (χ1) is 18.0. The summed E-state index contributed by atoms with van der Waals surface area (Å²) in [6, 6.07) is 10.2. The quantitative estimate of drug-likeness (QED) is 0.557. The number of hydrogen-bond donors (Lipinski definition) is 1. The van der Waals surface area contributed by atoms with Crippen molar-refractivity contribution in [2.24, 2.45) is 5.92 Å². The van der Waals surface area contributed by atoms with Crippen LogP contribution in [0.15, 0.2) is 36.5 Å². The molecule has 2 aromatic rings. The molecule has 0 bridgehead atoms. The lowest BCUT2D eigenvalue weighted by Crippen LogP contribution is -2.49. The fourth-order valence-corrected chi connectivity index (χ4v) is 4.60. The number of piperazine rings is 1. The van der Waals surface area contributed by atoms with E-state index >= 15 is 0 Å². The van der Waals surface area contributed by atoms with Gasteiger partial charge in [-0.1, -0.05) is 38.1 Å². The lowest BCUT2D eigenvalue weighted by atomic mass is 10.0. The van der Waals surface area contributed by atoms with Crippen molar-refractivity contribution in [3.63, 3.8) is 0 Å². The van der Waals surface area contributed by atoms with E-state index in [1.165, 1.54) is 5.56 Å². The molecule has 1 aromatic carbocycles. The molecule has 4 rings (SSSR count). The van der Waals surface area contributed by atoms with E-state index in [-0.39, 0.29) is 30.2 Å². The zero-order chi connectivity index (χ0) is 27.4. The summed E-state index contributed by atoms with van der Waals surface area (Å²) < 4.78 is 10.8. The Balaban J connectivity index is 1.31. The van der Waals surface area contributed by atoms with Gasteiger partial charge in [0.25, 0.3) is 0 Å². The number of nitrogens with one attached hydrogen (secondary N) is 1. The second-order valence-electron chi connectivity index (χ2n) is 11.3. The minimum absolute atomic E-state index is 0.0249. The molecule has 1 unspecified atom stereocenters. The van der Waals surface area contributed by atoms with Crippen molar-refractivity contribution < 1.29 is 19.1 Å². The van der Waals surface area contributed by atoms with Gasteiger partial charge in [0.15, 0.2) is 0 Å². The SMILES string of the molecule is CC(C)C1COC(=O)N1c1ccnc(N[C@@H](C)c2ccc(CN3CCN(C(=O)OC(C)(C)C)CC3)cc2)n1. The Hall–Kier alpha value is -3.40. The van der Waals surface area contributed by atoms with Gasteiger partial charge >= 0.3 is 12.2 Å². The number of nitrogens with zero attached hydrogens (tertiary/aromatic N) is 5. The molecule has 2 atom stereocenters. The topological polar surface area (TPSA) is 100 Å². The summed E-state index contributed by atoms with van der Waals surface area (Å²) in [6.07, 6.45) is 1.05. The van der Waals surface area contributed by atoms with Crippen LogP contribution in [0.3, 0.4) is 0 Å². The van der Waals surface area contributed by atoms with Gasteiger partial charge in [0.05, 0.1) is 12.1 Å². The number of cyclic esters (lactones) is 1. The first-order valence-electron chi connectivity index (χ1n) is 13.3.